The largest absolute Gasteiger partial charge is 0.462 e. The van der Waals surface area contributed by atoms with Crippen LogP contribution in [0.15, 0.2) is 0 Å². The van der Waals surface area contributed by atoms with Gasteiger partial charge in [-0.2, -0.15) is 0 Å². The third-order valence-electron chi connectivity index (χ3n) is 5.74. The minimum Gasteiger partial charge on any atom is -0.462 e. The number of carbonyl (C=O) groups is 2. The highest BCUT2D eigenvalue weighted by atomic mass is 16.6. The first-order valence-electron chi connectivity index (χ1n) is 12.6. The third-order valence-corrected chi connectivity index (χ3v) is 5.74. The van der Waals surface area contributed by atoms with Crippen LogP contribution in [0.25, 0.3) is 0 Å². The normalized spacial score (nSPS) is 16.4. The van der Waals surface area contributed by atoms with Gasteiger partial charge in [-0.05, 0) is 6.42 Å². The van der Waals surface area contributed by atoms with Crippen molar-refractivity contribution in [2.45, 2.75) is 129 Å². The molecule has 30 heavy (non-hydrogen) atoms. The molecule has 0 spiro atoms. The minimum atomic E-state index is -0.453. The molecule has 0 bridgehead atoms. The first-order chi connectivity index (χ1) is 14.7. The molecule has 5 heteroatoms. The Hall–Kier alpha value is -1.10. The average Bonchev–Trinajstić information content (AvgIpc) is 2.74. The van der Waals surface area contributed by atoms with Gasteiger partial charge in [0.1, 0.15) is 13.2 Å². The molecule has 5 nitrogen and oxygen atoms in total. The van der Waals surface area contributed by atoms with Crippen molar-refractivity contribution in [1.29, 1.82) is 0 Å². The van der Waals surface area contributed by atoms with E-state index in [0.717, 1.165) is 12.8 Å². The monoisotopic (exact) mass is 426 g/mol. The fraction of sp³-hybridized carbons (Fsp3) is 0.920. The van der Waals surface area contributed by atoms with Gasteiger partial charge in [-0.25, -0.2) is 4.79 Å². The number of carbonyl (C=O) groups excluding carboxylic acids is 2. The van der Waals surface area contributed by atoms with E-state index in [4.69, 9.17) is 14.2 Å². The van der Waals surface area contributed by atoms with Gasteiger partial charge in [-0.1, -0.05) is 110 Å². The molecule has 1 aliphatic heterocycles. The quantitative estimate of drug-likeness (QED) is 0.164. The summed E-state index contributed by atoms with van der Waals surface area (Å²) < 4.78 is 15.3. The molecule has 0 N–H and O–H groups in total. The van der Waals surface area contributed by atoms with Crippen molar-refractivity contribution >= 4 is 11.9 Å². The fourth-order valence-corrected chi connectivity index (χ4v) is 3.86. The van der Waals surface area contributed by atoms with Crippen molar-refractivity contribution in [3.8, 4) is 0 Å². The summed E-state index contributed by atoms with van der Waals surface area (Å²) in [6, 6.07) is 0. The molecule has 1 fully saturated rings. The summed E-state index contributed by atoms with van der Waals surface area (Å²) in [5, 5.41) is 0. The van der Waals surface area contributed by atoms with Gasteiger partial charge < -0.3 is 14.2 Å². The van der Waals surface area contributed by atoms with Crippen LogP contribution in [0, 0.1) is 0 Å². The van der Waals surface area contributed by atoms with E-state index in [0.29, 0.717) is 13.0 Å². The van der Waals surface area contributed by atoms with Gasteiger partial charge in [0.15, 0.2) is 6.10 Å². The summed E-state index contributed by atoms with van der Waals surface area (Å²) in [7, 11) is 0. The van der Waals surface area contributed by atoms with Crippen LogP contribution in [0.1, 0.15) is 122 Å². The molecule has 1 aliphatic rings. The van der Waals surface area contributed by atoms with Gasteiger partial charge in [-0.3, -0.25) is 4.79 Å². The summed E-state index contributed by atoms with van der Waals surface area (Å²) in [6.07, 6.45) is 22.5. The molecule has 1 heterocycles. The Morgan fingerprint density at radius 1 is 0.800 bits per heavy atom. The van der Waals surface area contributed by atoms with E-state index in [-0.39, 0.29) is 19.2 Å². The molecule has 0 aromatic rings. The van der Waals surface area contributed by atoms with E-state index < -0.39 is 12.1 Å². The minimum absolute atomic E-state index is 0.0102. The first kappa shape index (κ1) is 26.9. The Kier molecular flexibility index (Phi) is 17.8. The molecular formula is C25H46O5. The molecule has 176 valence electrons. The van der Waals surface area contributed by atoms with E-state index >= 15 is 0 Å². The second kappa shape index (κ2) is 19.8. The van der Waals surface area contributed by atoms with Gasteiger partial charge in [-0.15, -0.1) is 0 Å². The Balaban J connectivity index is 1.74. The second-order valence-electron chi connectivity index (χ2n) is 8.72. The highest BCUT2D eigenvalue weighted by molar-refractivity contribution is 5.71. The van der Waals surface area contributed by atoms with Crippen LogP contribution in [0.3, 0.4) is 0 Å². The summed E-state index contributed by atoms with van der Waals surface area (Å²) >= 11 is 0. The predicted octanol–water partition coefficient (Wildman–Crippen LogP) is 6.51. The predicted molar refractivity (Wildman–Crippen MR) is 120 cm³/mol. The maximum absolute atomic E-state index is 11.7. The number of rotatable bonds is 20. The highest BCUT2D eigenvalue weighted by Gasteiger charge is 2.22. The molecule has 0 aromatic carbocycles. The number of hydrogen-bond acceptors (Lipinski definition) is 5. The summed E-state index contributed by atoms with van der Waals surface area (Å²) in [5.41, 5.74) is 0. The lowest BCUT2D eigenvalue weighted by Crippen LogP contribution is -2.36. The molecule has 1 rings (SSSR count). The zero-order valence-electron chi connectivity index (χ0n) is 19.5. The van der Waals surface area contributed by atoms with Crippen LogP contribution in [0.2, 0.25) is 0 Å². The average molecular weight is 427 g/mol. The van der Waals surface area contributed by atoms with Crippen LogP contribution in [-0.2, 0) is 23.8 Å². The number of esters is 2. The number of ether oxygens (including phenoxy) is 3. The maximum atomic E-state index is 11.7. The lowest BCUT2D eigenvalue weighted by molar-refractivity contribution is -0.178. The van der Waals surface area contributed by atoms with Gasteiger partial charge in [0, 0.05) is 6.42 Å². The SMILES string of the molecule is CCCCCCCCCCCCCCCCCCCC(=O)OCC1COCC(=O)O1. The van der Waals surface area contributed by atoms with Crippen LogP contribution in [0.4, 0.5) is 0 Å². The molecule has 1 atom stereocenters. The van der Waals surface area contributed by atoms with Crippen molar-refractivity contribution in [3.63, 3.8) is 0 Å². The van der Waals surface area contributed by atoms with E-state index in [2.05, 4.69) is 6.92 Å². The number of cyclic esters (lactones) is 1. The zero-order valence-corrected chi connectivity index (χ0v) is 19.5. The van der Waals surface area contributed by atoms with Crippen LogP contribution in [-0.4, -0.2) is 37.9 Å². The topological polar surface area (TPSA) is 61.8 Å². The van der Waals surface area contributed by atoms with Crippen molar-refractivity contribution in [3.05, 3.63) is 0 Å². The summed E-state index contributed by atoms with van der Waals surface area (Å²) in [6.45, 7) is 2.67. The standard InChI is InChI=1S/C25H46O5/c1-2-3-4-5-6-7-8-9-10-11-12-13-14-15-16-17-18-19-24(26)29-21-23-20-28-22-25(27)30-23/h23H,2-22H2,1H3. The summed E-state index contributed by atoms with van der Waals surface area (Å²) in [5.74, 6) is -0.604. The van der Waals surface area contributed by atoms with Crippen molar-refractivity contribution < 1.29 is 23.8 Å². The lowest BCUT2D eigenvalue weighted by atomic mass is 10.0. The molecule has 0 saturated carbocycles. The maximum Gasteiger partial charge on any atom is 0.332 e. The first-order valence-corrected chi connectivity index (χ1v) is 12.6. The Bertz CT molecular complexity index is 424. The Morgan fingerprint density at radius 3 is 1.73 bits per heavy atom. The van der Waals surface area contributed by atoms with Crippen LogP contribution < -0.4 is 0 Å². The summed E-state index contributed by atoms with van der Waals surface area (Å²) in [4.78, 5) is 22.8. The molecule has 0 amide bonds. The van der Waals surface area contributed by atoms with Gasteiger partial charge in [0.05, 0.1) is 6.61 Å². The third kappa shape index (κ3) is 16.7. The molecule has 0 radical (unpaired) electrons. The van der Waals surface area contributed by atoms with E-state index in [1.807, 2.05) is 0 Å². The number of hydrogen-bond donors (Lipinski definition) is 0. The second-order valence-corrected chi connectivity index (χ2v) is 8.72. The lowest BCUT2D eigenvalue weighted by Gasteiger charge is -2.21. The van der Waals surface area contributed by atoms with Crippen molar-refractivity contribution in [2.75, 3.05) is 19.8 Å². The zero-order chi connectivity index (χ0) is 21.7. The van der Waals surface area contributed by atoms with Gasteiger partial charge in [0.25, 0.3) is 0 Å². The fourth-order valence-electron chi connectivity index (χ4n) is 3.86. The molecule has 0 aromatic heterocycles. The Labute approximate surface area is 184 Å². The van der Waals surface area contributed by atoms with Crippen molar-refractivity contribution in [2.24, 2.45) is 0 Å². The highest BCUT2D eigenvalue weighted by Crippen LogP contribution is 2.14. The van der Waals surface area contributed by atoms with Crippen LogP contribution >= 0.6 is 0 Å². The van der Waals surface area contributed by atoms with Crippen LogP contribution in [0.5, 0.6) is 0 Å². The van der Waals surface area contributed by atoms with E-state index in [1.54, 1.807) is 0 Å². The molecular weight excluding hydrogens is 380 g/mol. The molecule has 1 saturated heterocycles. The van der Waals surface area contributed by atoms with Gasteiger partial charge >= 0.3 is 11.9 Å². The number of unbranched alkanes of at least 4 members (excludes halogenated alkanes) is 16. The Morgan fingerprint density at radius 2 is 1.27 bits per heavy atom. The molecule has 1 unspecified atom stereocenters. The molecule has 0 aliphatic carbocycles. The van der Waals surface area contributed by atoms with Gasteiger partial charge in [0.2, 0.25) is 0 Å². The van der Waals surface area contributed by atoms with E-state index in [9.17, 15) is 9.59 Å². The van der Waals surface area contributed by atoms with Crippen molar-refractivity contribution in [1.82, 2.24) is 0 Å². The van der Waals surface area contributed by atoms with E-state index in [1.165, 1.54) is 96.3 Å². The smallest absolute Gasteiger partial charge is 0.332 e.